The predicted molar refractivity (Wildman–Crippen MR) is 39.5 cm³/mol. The second-order valence-corrected chi connectivity index (χ2v) is 2.40. The van der Waals surface area contributed by atoms with Gasteiger partial charge in [-0.25, -0.2) is 0 Å². The summed E-state index contributed by atoms with van der Waals surface area (Å²) in [6.45, 7) is 4.05. The van der Waals surface area contributed by atoms with Gasteiger partial charge in [-0.3, -0.25) is 4.99 Å². The van der Waals surface area contributed by atoms with Crippen molar-refractivity contribution in [3.63, 3.8) is 0 Å². The summed E-state index contributed by atoms with van der Waals surface area (Å²) in [5.41, 5.74) is 7.89. The smallest absolute Gasteiger partial charge is 0.101 e. The van der Waals surface area contributed by atoms with E-state index < -0.39 is 0 Å². The highest BCUT2D eigenvalue weighted by molar-refractivity contribution is 5.98. The number of nitrogens with zero attached hydrogens (tertiary/aromatic N) is 1. The molecule has 2 N–H and O–H groups in total. The number of allylic oxidation sites excluding steroid dienone is 1. The highest BCUT2D eigenvalue weighted by Gasteiger charge is 2.05. The fraction of sp³-hybridized carbons (Fsp3) is 0.571. The first-order chi connectivity index (χ1) is 4.20. The van der Waals surface area contributed by atoms with Crippen molar-refractivity contribution < 1.29 is 0 Å². The van der Waals surface area contributed by atoms with Crippen molar-refractivity contribution in [1.82, 2.24) is 0 Å². The van der Waals surface area contributed by atoms with Crippen LogP contribution < -0.4 is 5.73 Å². The summed E-state index contributed by atoms with van der Waals surface area (Å²) >= 11 is 0. The van der Waals surface area contributed by atoms with Crippen molar-refractivity contribution in [1.29, 1.82) is 0 Å². The summed E-state index contributed by atoms with van der Waals surface area (Å²) in [5.74, 6) is 0. The number of hydrogen-bond acceptors (Lipinski definition) is 2. The summed E-state index contributed by atoms with van der Waals surface area (Å²) in [4.78, 5) is 4.19. The van der Waals surface area contributed by atoms with E-state index in [9.17, 15) is 0 Å². The molecule has 0 saturated carbocycles. The minimum atomic E-state index is 0.00806. The minimum absolute atomic E-state index is 0.00806. The van der Waals surface area contributed by atoms with Gasteiger partial charge in [-0.05, 0) is 19.4 Å². The van der Waals surface area contributed by atoms with E-state index in [2.05, 4.69) is 18.0 Å². The second kappa shape index (κ2) is 2.31. The maximum atomic E-state index is 5.56. The van der Waals surface area contributed by atoms with Crippen molar-refractivity contribution in [3.05, 3.63) is 11.6 Å². The highest BCUT2D eigenvalue weighted by Crippen LogP contribution is 2.08. The fourth-order valence-electron chi connectivity index (χ4n) is 0.848. The lowest BCUT2D eigenvalue weighted by Crippen LogP contribution is -2.21. The van der Waals surface area contributed by atoms with Crippen LogP contribution in [0.1, 0.15) is 20.3 Å². The van der Waals surface area contributed by atoms with Crippen molar-refractivity contribution >= 4 is 5.71 Å². The van der Waals surface area contributed by atoms with Gasteiger partial charge >= 0.3 is 0 Å². The van der Waals surface area contributed by atoms with Crippen molar-refractivity contribution in [2.24, 2.45) is 10.7 Å². The first-order valence-electron chi connectivity index (χ1n) is 3.17. The van der Waals surface area contributed by atoms with Gasteiger partial charge in [-0.2, -0.15) is 0 Å². The molecule has 0 fully saturated rings. The number of nitrogens with two attached hydrogens (primary N) is 1. The molecule has 2 nitrogen and oxygen atoms in total. The zero-order chi connectivity index (χ0) is 6.85. The van der Waals surface area contributed by atoms with Gasteiger partial charge in [0.25, 0.3) is 0 Å². The summed E-state index contributed by atoms with van der Waals surface area (Å²) < 4.78 is 0. The summed E-state index contributed by atoms with van der Waals surface area (Å²) in [6, 6.07) is 0. The maximum absolute atomic E-state index is 5.56. The van der Waals surface area contributed by atoms with Crippen LogP contribution in [0.3, 0.4) is 0 Å². The lowest BCUT2D eigenvalue weighted by molar-refractivity contribution is 0.711. The van der Waals surface area contributed by atoms with Gasteiger partial charge in [-0.1, -0.05) is 6.08 Å². The van der Waals surface area contributed by atoms with Gasteiger partial charge in [0.15, 0.2) is 0 Å². The number of hydrogen-bond donors (Lipinski definition) is 1. The molecular weight excluding hydrogens is 112 g/mol. The highest BCUT2D eigenvalue weighted by atomic mass is 14.9. The monoisotopic (exact) mass is 124 g/mol. The zero-order valence-electron chi connectivity index (χ0n) is 5.89. The Labute approximate surface area is 55.5 Å². The lowest BCUT2D eigenvalue weighted by atomic mass is 10.1. The Morgan fingerprint density at radius 1 is 1.67 bits per heavy atom. The minimum Gasteiger partial charge on any atom is -0.309 e. The van der Waals surface area contributed by atoms with Crippen LogP contribution in [0.25, 0.3) is 0 Å². The van der Waals surface area contributed by atoms with Crippen LogP contribution in [0.5, 0.6) is 0 Å². The third-order valence-corrected chi connectivity index (χ3v) is 1.60. The lowest BCUT2D eigenvalue weighted by Gasteiger charge is -2.12. The molecule has 50 valence electrons. The molecule has 1 rings (SSSR count). The quantitative estimate of drug-likeness (QED) is 0.515. The van der Waals surface area contributed by atoms with Gasteiger partial charge < -0.3 is 5.73 Å². The Hall–Kier alpha value is -0.630. The molecule has 0 radical (unpaired) electrons. The Morgan fingerprint density at radius 3 is 2.78 bits per heavy atom. The average Bonchev–Trinajstić information content (AvgIpc) is 1.80. The summed E-state index contributed by atoms with van der Waals surface area (Å²) in [5, 5.41) is 0. The molecule has 1 atom stereocenters. The Kier molecular flexibility index (Phi) is 1.67. The van der Waals surface area contributed by atoms with E-state index in [1.165, 1.54) is 5.57 Å². The van der Waals surface area contributed by atoms with Crippen molar-refractivity contribution in [2.75, 3.05) is 0 Å². The van der Waals surface area contributed by atoms with Crippen molar-refractivity contribution in [2.45, 2.75) is 26.4 Å². The molecule has 2 heteroatoms. The largest absolute Gasteiger partial charge is 0.309 e. The molecule has 0 aromatic carbocycles. The standard InChI is InChI=1S/C7H12N2/c1-5-3-4-7(8)9-6(5)2/h3,7H,4,8H2,1-2H3. The van der Waals surface area contributed by atoms with Crippen LogP contribution in [0.2, 0.25) is 0 Å². The molecule has 0 aliphatic carbocycles. The van der Waals surface area contributed by atoms with Gasteiger partial charge in [0, 0.05) is 12.1 Å². The third kappa shape index (κ3) is 1.39. The van der Waals surface area contributed by atoms with Gasteiger partial charge in [0.05, 0.1) is 0 Å². The van der Waals surface area contributed by atoms with Gasteiger partial charge in [0.2, 0.25) is 0 Å². The molecule has 0 bridgehead atoms. The third-order valence-electron chi connectivity index (χ3n) is 1.60. The van der Waals surface area contributed by atoms with E-state index in [0.717, 1.165) is 12.1 Å². The molecule has 0 amide bonds. The molecule has 0 aromatic rings. The van der Waals surface area contributed by atoms with Crippen LogP contribution in [-0.2, 0) is 0 Å². The molecule has 1 aliphatic heterocycles. The Bertz CT molecular complexity index is 168. The normalized spacial score (nSPS) is 27.2. The van der Waals surface area contributed by atoms with E-state index in [1.54, 1.807) is 0 Å². The van der Waals surface area contributed by atoms with E-state index in [1.807, 2.05) is 6.92 Å². The predicted octanol–water partition coefficient (Wildman–Crippen LogP) is 1.08. The van der Waals surface area contributed by atoms with Crippen LogP contribution in [0.4, 0.5) is 0 Å². The molecule has 1 aliphatic rings. The molecule has 9 heavy (non-hydrogen) atoms. The zero-order valence-corrected chi connectivity index (χ0v) is 5.89. The second-order valence-electron chi connectivity index (χ2n) is 2.40. The van der Waals surface area contributed by atoms with Crippen LogP contribution in [-0.4, -0.2) is 11.9 Å². The fourth-order valence-corrected chi connectivity index (χ4v) is 0.848. The first kappa shape index (κ1) is 6.49. The van der Waals surface area contributed by atoms with Crippen LogP contribution >= 0.6 is 0 Å². The maximum Gasteiger partial charge on any atom is 0.101 e. The molecule has 0 saturated heterocycles. The van der Waals surface area contributed by atoms with Gasteiger partial charge in [-0.15, -0.1) is 0 Å². The molecule has 1 heterocycles. The topological polar surface area (TPSA) is 38.4 Å². The van der Waals surface area contributed by atoms with E-state index in [0.29, 0.717) is 0 Å². The average molecular weight is 124 g/mol. The number of aliphatic imine (C=N–C) groups is 1. The molecule has 0 spiro atoms. The van der Waals surface area contributed by atoms with Gasteiger partial charge in [0.1, 0.15) is 6.17 Å². The summed E-state index contributed by atoms with van der Waals surface area (Å²) in [6.07, 6.45) is 3.03. The van der Waals surface area contributed by atoms with Crippen LogP contribution in [0, 0.1) is 0 Å². The Balaban J connectivity index is 2.75. The van der Waals surface area contributed by atoms with E-state index >= 15 is 0 Å². The first-order valence-corrected chi connectivity index (χ1v) is 3.17. The molecule has 1 unspecified atom stereocenters. The van der Waals surface area contributed by atoms with Crippen LogP contribution in [0.15, 0.2) is 16.6 Å². The Morgan fingerprint density at radius 2 is 2.33 bits per heavy atom. The van der Waals surface area contributed by atoms with E-state index in [-0.39, 0.29) is 6.17 Å². The molecule has 0 aromatic heterocycles. The van der Waals surface area contributed by atoms with Crippen molar-refractivity contribution in [3.8, 4) is 0 Å². The number of dihydropyridines is 1. The summed E-state index contributed by atoms with van der Waals surface area (Å²) in [7, 11) is 0. The van der Waals surface area contributed by atoms with E-state index in [4.69, 9.17) is 5.73 Å². The number of rotatable bonds is 0. The SMILES string of the molecule is CC1=CCC(N)N=C1C. The molecular formula is C7H12N2.